The van der Waals surface area contributed by atoms with Crippen LogP contribution in [0, 0.1) is 0 Å². The minimum Gasteiger partial charge on any atom is -0.355 e. The summed E-state index contributed by atoms with van der Waals surface area (Å²) in [6, 6.07) is 13.2. The van der Waals surface area contributed by atoms with Crippen molar-refractivity contribution in [2.45, 2.75) is 18.6 Å². The van der Waals surface area contributed by atoms with Gasteiger partial charge in [-0.3, -0.25) is 4.79 Å². The lowest BCUT2D eigenvalue weighted by molar-refractivity contribution is -0.120. The summed E-state index contributed by atoms with van der Waals surface area (Å²) in [5.41, 5.74) is 2.05. The number of rotatable bonds is 8. The van der Waals surface area contributed by atoms with Crippen LogP contribution in [0.2, 0.25) is 15.1 Å². The van der Waals surface area contributed by atoms with Crippen molar-refractivity contribution in [1.29, 1.82) is 0 Å². The number of nitrogens with one attached hydrogen (secondary N) is 1. The summed E-state index contributed by atoms with van der Waals surface area (Å²) in [4.78, 5) is 11.9. The van der Waals surface area contributed by atoms with Crippen LogP contribution in [0.5, 0.6) is 0 Å². The van der Waals surface area contributed by atoms with Crippen molar-refractivity contribution >= 4 is 52.5 Å². The van der Waals surface area contributed by atoms with Crippen molar-refractivity contribution in [3.05, 3.63) is 68.7 Å². The van der Waals surface area contributed by atoms with Gasteiger partial charge in [0, 0.05) is 39.5 Å². The van der Waals surface area contributed by atoms with Gasteiger partial charge in [0.1, 0.15) is 0 Å². The molecule has 0 aliphatic rings. The number of carbonyl (C=O) groups is 1. The molecule has 128 valence electrons. The van der Waals surface area contributed by atoms with Crippen LogP contribution in [0.15, 0.2) is 42.5 Å². The van der Waals surface area contributed by atoms with Gasteiger partial charge in [0.25, 0.3) is 0 Å². The highest BCUT2D eigenvalue weighted by Gasteiger charge is 2.08. The van der Waals surface area contributed by atoms with Gasteiger partial charge in [-0.25, -0.2) is 0 Å². The summed E-state index contributed by atoms with van der Waals surface area (Å²) in [5.74, 6) is 1.78. The smallest absolute Gasteiger partial charge is 0.220 e. The third-order valence-corrected chi connectivity index (χ3v) is 5.40. The third-order valence-electron chi connectivity index (χ3n) is 3.41. The molecule has 0 bridgehead atoms. The Hall–Kier alpha value is -0.870. The van der Waals surface area contributed by atoms with E-state index in [1.54, 1.807) is 30.0 Å². The van der Waals surface area contributed by atoms with Crippen LogP contribution in [-0.4, -0.2) is 18.2 Å². The molecule has 0 saturated carbocycles. The Balaban J connectivity index is 1.62. The van der Waals surface area contributed by atoms with E-state index < -0.39 is 0 Å². The summed E-state index contributed by atoms with van der Waals surface area (Å²) >= 11 is 19.8. The molecule has 0 aliphatic carbocycles. The Labute approximate surface area is 161 Å². The molecular weight excluding hydrogens is 385 g/mol. The molecule has 0 unspecified atom stereocenters. The quantitative estimate of drug-likeness (QED) is 0.580. The summed E-state index contributed by atoms with van der Waals surface area (Å²) in [5, 5.41) is 4.88. The fraction of sp³-hybridized carbons (Fsp3) is 0.278. The van der Waals surface area contributed by atoms with Crippen LogP contribution < -0.4 is 5.32 Å². The molecule has 1 N–H and O–H groups in total. The molecule has 24 heavy (non-hydrogen) atoms. The maximum absolute atomic E-state index is 11.9. The van der Waals surface area contributed by atoms with Crippen LogP contribution in [0.25, 0.3) is 0 Å². The summed E-state index contributed by atoms with van der Waals surface area (Å²) in [7, 11) is 0. The SMILES string of the molecule is O=C(CCc1c(Cl)cccc1Cl)NCCSCc1ccc(Cl)cc1. The first-order chi connectivity index (χ1) is 11.6. The van der Waals surface area contributed by atoms with Crippen molar-refractivity contribution in [3.63, 3.8) is 0 Å². The number of hydrogen-bond donors (Lipinski definition) is 1. The highest BCUT2D eigenvalue weighted by atomic mass is 35.5. The second-order valence-corrected chi connectivity index (χ2v) is 7.59. The normalized spacial score (nSPS) is 10.6. The molecule has 0 fully saturated rings. The maximum atomic E-state index is 11.9. The van der Waals surface area contributed by atoms with Gasteiger partial charge in [0.2, 0.25) is 5.91 Å². The monoisotopic (exact) mass is 401 g/mol. The predicted octanol–water partition coefficient (Wildman–Crippen LogP) is 5.63. The van der Waals surface area contributed by atoms with E-state index in [1.165, 1.54) is 5.56 Å². The first-order valence-corrected chi connectivity index (χ1v) is 9.87. The van der Waals surface area contributed by atoms with E-state index in [4.69, 9.17) is 34.8 Å². The lowest BCUT2D eigenvalue weighted by Crippen LogP contribution is -2.26. The lowest BCUT2D eigenvalue weighted by Gasteiger charge is -2.08. The summed E-state index contributed by atoms with van der Waals surface area (Å²) < 4.78 is 0. The van der Waals surface area contributed by atoms with Crippen LogP contribution in [-0.2, 0) is 17.0 Å². The molecule has 6 heteroatoms. The van der Waals surface area contributed by atoms with E-state index in [2.05, 4.69) is 5.32 Å². The molecule has 2 aromatic carbocycles. The van der Waals surface area contributed by atoms with Crippen molar-refractivity contribution in [3.8, 4) is 0 Å². The van der Waals surface area contributed by atoms with Crippen molar-refractivity contribution < 1.29 is 4.79 Å². The van der Waals surface area contributed by atoms with Gasteiger partial charge >= 0.3 is 0 Å². The van der Waals surface area contributed by atoms with Gasteiger partial charge in [0.15, 0.2) is 0 Å². The van der Waals surface area contributed by atoms with E-state index in [0.717, 1.165) is 22.1 Å². The van der Waals surface area contributed by atoms with Gasteiger partial charge in [0.05, 0.1) is 0 Å². The Bertz CT molecular complexity index is 656. The zero-order valence-electron chi connectivity index (χ0n) is 13.0. The largest absolute Gasteiger partial charge is 0.355 e. The zero-order valence-corrected chi connectivity index (χ0v) is 16.1. The van der Waals surface area contributed by atoms with E-state index in [-0.39, 0.29) is 5.91 Å². The number of amides is 1. The number of halogens is 3. The Morgan fingerprint density at radius 1 is 1.00 bits per heavy atom. The fourth-order valence-electron chi connectivity index (χ4n) is 2.13. The molecule has 2 rings (SSSR count). The van der Waals surface area contributed by atoms with Crippen LogP contribution in [0.4, 0.5) is 0 Å². The molecule has 0 saturated heterocycles. The summed E-state index contributed by atoms with van der Waals surface area (Å²) in [6.07, 6.45) is 0.924. The standard InChI is InChI=1S/C18H18Cl3NOS/c19-14-6-4-13(5-7-14)12-24-11-10-22-18(23)9-8-15-16(20)2-1-3-17(15)21/h1-7H,8-12H2,(H,22,23). The Morgan fingerprint density at radius 2 is 1.67 bits per heavy atom. The molecular formula is C18H18Cl3NOS. The van der Waals surface area contributed by atoms with Crippen molar-refractivity contribution in [1.82, 2.24) is 5.32 Å². The molecule has 2 nitrogen and oxygen atoms in total. The number of thioether (sulfide) groups is 1. The van der Waals surface area contributed by atoms with Gasteiger partial charge in [-0.2, -0.15) is 11.8 Å². The third kappa shape index (κ3) is 6.56. The predicted molar refractivity (Wildman–Crippen MR) is 105 cm³/mol. The second kappa shape index (κ2) is 10.2. The Kier molecular flexibility index (Phi) is 8.26. The topological polar surface area (TPSA) is 29.1 Å². The van der Waals surface area contributed by atoms with Crippen molar-refractivity contribution in [2.75, 3.05) is 12.3 Å². The molecule has 0 radical (unpaired) electrons. The van der Waals surface area contributed by atoms with Crippen LogP contribution in [0.1, 0.15) is 17.5 Å². The molecule has 0 aromatic heterocycles. The van der Waals surface area contributed by atoms with Gasteiger partial charge < -0.3 is 5.32 Å². The van der Waals surface area contributed by atoms with E-state index in [9.17, 15) is 4.79 Å². The number of benzene rings is 2. The highest BCUT2D eigenvalue weighted by molar-refractivity contribution is 7.98. The molecule has 1 amide bonds. The molecule has 0 spiro atoms. The average Bonchev–Trinajstić information content (AvgIpc) is 2.56. The fourth-order valence-corrected chi connectivity index (χ4v) is 3.66. The maximum Gasteiger partial charge on any atom is 0.220 e. The minimum absolute atomic E-state index is 0.0121. The van der Waals surface area contributed by atoms with E-state index in [0.29, 0.717) is 29.4 Å². The molecule has 0 atom stereocenters. The number of carbonyl (C=O) groups excluding carboxylic acids is 1. The molecule has 0 aliphatic heterocycles. The van der Waals surface area contributed by atoms with Crippen LogP contribution in [0.3, 0.4) is 0 Å². The first-order valence-electron chi connectivity index (χ1n) is 7.58. The zero-order chi connectivity index (χ0) is 17.4. The lowest BCUT2D eigenvalue weighted by atomic mass is 10.1. The van der Waals surface area contributed by atoms with E-state index in [1.807, 2.05) is 24.3 Å². The summed E-state index contributed by atoms with van der Waals surface area (Å²) in [6.45, 7) is 0.646. The highest BCUT2D eigenvalue weighted by Crippen LogP contribution is 2.25. The average molecular weight is 403 g/mol. The molecule has 2 aromatic rings. The van der Waals surface area contributed by atoms with Gasteiger partial charge in [-0.15, -0.1) is 0 Å². The van der Waals surface area contributed by atoms with Crippen LogP contribution >= 0.6 is 46.6 Å². The van der Waals surface area contributed by atoms with E-state index >= 15 is 0 Å². The Morgan fingerprint density at radius 3 is 2.33 bits per heavy atom. The first kappa shape index (κ1) is 19.5. The number of hydrogen-bond acceptors (Lipinski definition) is 2. The molecule has 0 heterocycles. The van der Waals surface area contributed by atoms with Gasteiger partial charge in [-0.05, 0) is 41.8 Å². The van der Waals surface area contributed by atoms with Gasteiger partial charge in [-0.1, -0.05) is 53.0 Å². The second-order valence-electron chi connectivity index (χ2n) is 5.23. The minimum atomic E-state index is 0.0121. The van der Waals surface area contributed by atoms with Crippen molar-refractivity contribution in [2.24, 2.45) is 0 Å².